The van der Waals surface area contributed by atoms with E-state index in [1.807, 2.05) is 0 Å². The number of carbonyl (C=O) groups excluding carboxylic acids is 2. The lowest BCUT2D eigenvalue weighted by atomic mass is 10.0. The predicted molar refractivity (Wildman–Crippen MR) is 94.0 cm³/mol. The third-order valence-electron chi connectivity index (χ3n) is 3.53. The van der Waals surface area contributed by atoms with Gasteiger partial charge in [0, 0.05) is 22.5 Å². The Morgan fingerprint density at radius 1 is 1.08 bits per heavy atom. The van der Waals surface area contributed by atoms with Gasteiger partial charge in [-0.3, -0.25) is 4.79 Å². The molecule has 0 aliphatic heterocycles. The first-order valence-electron chi connectivity index (χ1n) is 7.78. The van der Waals surface area contributed by atoms with Crippen LogP contribution < -0.4 is 4.74 Å². The Kier molecular flexibility index (Phi) is 7.12. The Labute approximate surface area is 149 Å². The number of ether oxygens (including phenoxy) is 1. The molecule has 5 heteroatoms. The minimum Gasteiger partial charge on any atom is -0.493 e. The van der Waals surface area contributed by atoms with E-state index in [1.165, 1.54) is 12.1 Å². The van der Waals surface area contributed by atoms with Crippen LogP contribution in [0.4, 0.5) is 4.39 Å². The van der Waals surface area contributed by atoms with E-state index in [1.54, 1.807) is 30.3 Å². The highest BCUT2D eigenvalue weighted by atomic mass is 79.9. The Morgan fingerprint density at radius 2 is 1.83 bits per heavy atom. The van der Waals surface area contributed by atoms with Crippen LogP contribution in [0, 0.1) is 5.82 Å². The van der Waals surface area contributed by atoms with Crippen molar-refractivity contribution in [1.29, 1.82) is 0 Å². The summed E-state index contributed by atoms with van der Waals surface area (Å²) in [4.78, 5) is 22.5. The third kappa shape index (κ3) is 5.27. The van der Waals surface area contributed by atoms with Gasteiger partial charge in [0.25, 0.3) is 0 Å². The number of carbonyl (C=O) groups is 2. The number of hydrogen-bond acceptors (Lipinski definition) is 3. The number of benzene rings is 2. The molecular weight excluding hydrogens is 375 g/mol. The van der Waals surface area contributed by atoms with Crippen LogP contribution in [0.1, 0.15) is 41.6 Å². The van der Waals surface area contributed by atoms with Gasteiger partial charge in [0.05, 0.1) is 12.2 Å². The lowest BCUT2D eigenvalue weighted by Crippen LogP contribution is -2.05. The summed E-state index contributed by atoms with van der Waals surface area (Å²) in [5, 5.41) is 0. The maximum atomic E-state index is 14.2. The molecule has 0 atom stereocenters. The molecule has 2 aromatic rings. The highest BCUT2D eigenvalue weighted by molar-refractivity contribution is 9.10. The second-order valence-electron chi connectivity index (χ2n) is 5.34. The smallest absolute Gasteiger partial charge is 0.195 e. The molecule has 0 heterocycles. The minimum absolute atomic E-state index is 0.0238. The molecule has 2 aromatic carbocycles. The molecule has 0 fully saturated rings. The largest absolute Gasteiger partial charge is 0.493 e. The zero-order chi connectivity index (χ0) is 17.4. The molecule has 0 bridgehead atoms. The number of rotatable bonds is 9. The van der Waals surface area contributed by atoms with Gasteiger partial charge in [-0.15, -0.1) is 0 Å². The standard InChI is InChI=1S/C19H18BrFO3/c20-15-7-5-14(6-8-15)19(23)17-10-9-16(13-18(17)21)24-12-4-2-1-3-11-22/h5-11,13H,1-4,12H2. The first kappa shape index (κ1) is 18.3. The van der Waals surface area contributed by atoms with Gasteiger partial charge >= 0.3 is 0 Å². The SMILES string of the molecule is O=CCCCCCOc1ccc(C(=O)c2ccc(Br)cc2)c(F)c1. The lowest BCUT2D eigenvalue weighted by molar-refractivity contribution is -0.107. The first-order valence-corrected chi connectivity index (χ1v) is 8.57. The van der Waals surface area contributed by atoms with Crippen LogP contribution >= 0.6 is 15.9 Å². The van der Waals surface area contributed by atoms with Crippen LogP contribution in [0.3, 0.4) is 0 Å². The number of unbranched alkanes of at least 4 members (excludes halogenated alkanes) is 3. The average molecular weight is 393 g/mol. The number of halogens is 2. The van der Waals surface area contributed by atoms with E-state index in [9.17, 15) is 14.0 Å². The highest BCUT2D eigenvalue weighted by Crippen LogP contribution is 2.21. The number of hydrogen-bond donors (Lipinski definition) is 0. The Morgan fingerprint density at radius 3 is 2.50 bits per heavy atom. The van der Waals surface area contributed by atoms with Gasteiger partial charge in [0.15, 0.2) is 5.78 Å². The van der Waals surface area contributed by atoms with Gasteiger partial charge in [-0.25, -0.2) is 4.39 Å². The molecule has 0 spiro atoms. The Hall–Kier alpha value is -2.01. The van der Waals surface area contributed by atoms with Crippen LogP contribution in [0.2, 0.25) is 0 Å². The summed E-state index contributed by atoms with van der Waals surface area (Å²) in [6, 6.07) is 11.1. The van der Waals surface area contributed by atoms with Crippen molar-refractivity contribution >= 4 is 28.0 Å². The topological polar surface area (TPSA) is 43.4 Å². The molecule has 0 unspecified atom stereocenters. The van der Waals surface area contributed by atoms with Crippen molar-refractivity contribution in [2.45, 2.75) is 25.7 Å². The maximum Gasteiger partial charge on any atom is 0.195 e. The molecule has 0 aliphatic rings. The minimum atomic E-state index is -0.596. The summed E-state index contributed by atoms with van der Waals surface area (Å²) in [5.41, 5.74) is 0.455. The summed E-state index contributed by atoms with van der Waals surface area (Å²) in [5.74, 6) is -0.558. The molecule has 2 rings (SSSR count). The summed E-state index contributed by atoms with van der Waals surface area (Å²) in [7, 11) is 0. The van der Waals surface area contributed by atoms with Crippen molar-refractivity contribution in [2.24, 2.45) is 0 Å². The van der Waals surface area contributed by atoms with E-state index >= 15 is 0 Å². The fourth-order valence-electron chi connectivity index (χ4n) is 2.22. The van der Waals surface area contributed by atoms with Crippen LogP contribution in [0.15, 0.2) is 46.9 Å². The van der Waals surface area contributed by atoms with Crippen molar-refractivity contribution < 1.29 is 18.7 Å². The van der Waals surface area contributed by atoms with Crippen molar-refractivity contribution in [3.05, 3.63) is 63.9 Å². The van der Waals surface area contributed by atoms with Gasteiger partial charge in [0.2, 0.25) is 0 Å². The van der Waals surface area contributed by atoms with Crippen LogP contribution in [0.25, 0.3) is 0 Å². The van der Waals surface area contributed by atoms with E-state index in [0.29, 0.717) is 24.3 Å². The van der Waals surface area contributed by atoms with Crippen molar-refractivity contribution in [3.8, 4) is 5.75 Å². The average Bonchev–Trinajstić information content (AvgIpc) is 2.58. The van der Waals surface area contributed by atoms with Crippen molar-refractivity contribution in [1.82, 2.24) is 0 Å². The van der Waals surface area contributed by atoms with Gasteiger partial charge in [0.1, 0.15) is 17.9 Å². The zero-order valence-electron chi connectivity index (χ0n) is 13.1. The van der Waals surface area contributed by atoms with Crippen LogP contribution in [-0.2, 0) is 4.79 Å². The summed E-state index contributed by atoms with van der Waals surface area (Å²) >= 11 is 3.30. The molecule has 0 aliphatic carbocycles. The molecular formula is C19H18BrFO3. The van der Waals surface area contributed by atoms with Crippen molar-refractivity contribution in [2.75, 3.05) is 6.61 Å². The molecule has 0 amide bonds. The van der Waals surface area contributed by atoms with Gasteiger partial charge in [-0.05, 0) is 55.7 Å². The molecule has 0 aromatic heterocycles. The second-order valence-corrected chi connectivity index (χ2v) is 6.26. The van der Waals surface area contributed by atoms with Gasteiger partial charge in [-0.1, -0.05) is 15.9 Å². The van der Waals surface area contributed by atoms with Gasteiger partial charge in [-0.2, -0.15) is 0 Å². The quantitative estimate of drug-likeness (QED) is 0.344. The molecule has 24 heavy (non-hydrogen) atoms. The molecule has 0 saturated carbocycles. The van der Waals surface area contributed by atoms with Crippen molar-refractivity contribution in [3.63, 3.8) is 0 Å². The Bertz CT molecular complexity index is 698. The Balaban J connectivity index is 1.95. The molecule has 0 radical (unpaired) electrons. The normalized spacial score (nSPS) is 10.4. The number of ketones is 1. The summed E-state index contributed by atoms with van der Waals surface area (Å²) in [6.07, 6.45) is 3.98. The lowest BCUT2D eigenvalue weighted by Gasteiger charge is -2.08. The van der Waals surface area contributed by atoms with E-state index in [2.05, 4.69) is 15.9 Å². The first-order chi connectivity index (χ1) is 11.6. The number of aldehydes is 1. The van der Waals surface area contributed by atoms with E-state index in [4.69, 9.17) is 4.74 Å². The van der Waals surface area contributed by atoms with Crippen LogP contribution in [-0.4, -0.2) is 18.7 Å². The zero-order valence-corrected chi connectivity index (χ0v) is 14.7. The fraction of sp³-hybridized carbons (Fsp3) is 0.263. The third-order valence-corrected chi connectivity index (χ3v) is 4.06. The molecule has 126 valence electrons. The predicted octanol–water partition coefficient (Wildman–Crippen LogP) is 4.96. The van der Waals surface area contributed by atoms with E-state index < -0.39 is 5.82 Å². The maximum absolute atomic E-state index is 14.2. The van der Waals surface area contributed by atoms with Crippen LogP contribution in [0.5, 0.6) is 5.75 Å². The second kappa shape index (κ2) is 9.33. The molecule has 0 N–H and O–H groups in total. The summed E-state index contributed by atoms with van der Waals surface area (Å²) in [6.45, 7) is 0.457. The monoisotopic (exact) mass is 392 g/mol. The fourth-order valence-corrected chi connectivity index (χ4v) is 2.49. The van der Waals surface area contributed by atoms with Gasteiger partial charge < -0.3 is 9.53 Å². The molecule has 0 saturated heterocycles. The highest BCUT2D eigenvalue weighted by Gasteiger charge is 2.14. The van der Waals surface area contributed by atoms with E-state index in [-0.39, 0.29) is 11.3 Å². The molecule has 3 nitrogen and oxygen atoms in total. The van der Waals surface area contributed by atoms with E-state index in [0.717, 1.165) is 30.0 Å². The summed E-state index contributed by atoms with van der Waals surface area (Å²) < 4.78 is 20.5.